The molecule has 7 nitrogen and oxygen atoms in total. The fraction of sp³-hybridized carbons (Fsp3) is 0.143. The van der Waals surface area contributed by atoms with Crippen LogP contribution in [0.3, 0.4) is 0 Å². The molecule has 0 atom stereocenters. The number of ether oxygens (including phenoxy) is 1. The van der Waals surface area contributed by atoms with E-state index in [0.29, 0.717) is 0 Å². The van der Waals surface area contributed by atoms with Crippen molar-refractivity contribution in [2.45, 2.75) is 0 Å². The first-order valence-corrected chi connectivity index (χ1v) is 3.51. The van der Waals surface area contributed by atoms with Crippen molar-refractivity contribution in [3.8, 4) is 0 Å². The number of aromatic amines is 1. The number of esters is 1. The Labute approximate surface area is 77.5 Å². The Morgan fingerprint density at radius 3 is 2.71 bits per heavy atom. The SMILES string of the molecule is COC(=O)c1cc(=O)cc([N+](=O)[O-])[nH]1. The number of hydrogen-bond donors (Lipinski definition) is 1. The van der Waals surface area contributed by atoms with Crippen LogP contribution in [0.5, 0.6) is 0 Å². The second-order valence-corrected chi connectivity index (χ2v) is 2.36. The number of carbonyl (C=O) groups is 1. The first kappa shape index (κ1) is 9.90. The molecule has 1 aromatic rings. The van der Waals surface area contributed by atoms with Crippen molar-refractivity contribution >= 4 is 11.8 Å². The van der Waals surface area contributed by atoms with Crippen molar-refractivity contribution in [2.24, 2.45) is 0 Å². The van der Waals surface area contributed by atoms with Crippen molar-refractivity contribution in [3.05, 3.63) is 38.2 Å². The smallest absolute Gasteiger partial charge is 0.378 e. The summed E-state index contributed by atoms with van der Waals surface area (Å²) in [6, 6.07) is 1.71. The maximum Gasteiger partial charge on any atom is 0.378 e. The second kappa shape index (κ2) is 3.69. The van der Waals surface area contributed by atoms with Crippen LogP contribution in [0.4, 0.5) is 5.82 Å². The van der Waals surface area contributed by atoms with E-state index < -0.39 is 22.1 Å². The number of carbonyl (C=O) groups excluding carboxylic acids is 1. The molecule has 0 saturated carbocycles. The summed E-state index contributed by atoms with van der Waals surface area (Å²) in [7, 11) is 1.11. The van der Waals surface area contributed by atoms with Gasteiger partial charge in [0.2, 0.25) is 5.69 Å². The Hall–Kier alpha value is -2.18. The number of hydrogen-bond acceptors (Lipinski definition) is 5. The quantitative estimate of drug-likeness (QED) is 0.411. The highest BCUT2D eigenvalue weighted by molar-refractivity contribution is 5.87. The molecule has 74 valence electrons. The van der Waals surface area contributed by atoms with Gasteiger partial charge in [-0.25, -0.2) is 9.78 Å². The van der Waals surface area contributed by atoms with E-state index >= 15 is 0 Å². The Morgan fingerprint density at radius 1 is 1.57 bits per heavy atom. The van der Waals surface area contributed by atoms with Gasteiger partial charge in [-0.15, -0.1) is 0 Å². The maximum absolute atomic E-state index is 10.9. The van der Waals surface area contributed by atoms with Crippen LogP contribution >= 0.6 is 0 Å². The van der Waals surface area contributed by atoms with Gasteiger partial charge in [-0.2, -0.15) is 0 Å². The average Bonchev–Trinajstić information content (AvgIpc) is 2.15. The van der Waals surface area contributed by atoms with Crippen LogP contribution in [-0.2, 0) is 4.74 Å². The van der Waals surface area contributed by atoms with E-state index in [0.717, 1.165) is 19.2 Å². The molecule has 0 amide bonds. The van der Waals surface area contributed by atoms with Crippen LogP contribution in [0.25, 0.3) is 0 Å². The summed E-state index contributed by atoms with van der Waals surface area (Å²) in [5, 5.41) is 10.3. The molecular weight excluding hydrogens is 192 g/mol. The van der Waals surface area contributed by atoms with Gasteiger partial charge in [-0.05, 0) is 4.92 Å². The normalized spacial score (nSPS) is 9.50. The molecule has 14 heavy (non-hydrogen) atoms. The lowest BCUT2D eigenvalue weighted by molar-refractivity contribution is -0.389. The molecule has 1 heterocycles. The fourth-order valence-electron chi connectivity index (χ4n) is 0.847. The minimum atomic E-state index is -0.828. The van der Waals surface area contributed by atoms with Crippen LogP contribution in [0.2, 0.25) is 0 Å². The predicted octanol–water partition coefficient (Wildman–Crippen LogP) is 0.0697. The highest BCUT2D eigenvalue weighted by atomic mass is 16.6. The van der Waals surface area contributed by atoms with Crippen LogP contribution in [0, 0.1) is 10.1 Å². The molecule has 1 rings (SSSR count). The zero-order valence-corrected chi connectivity index (χ0v) is 7.14. The lowest BCUT2D eigenvalue weighted by atomic mass is 10.3. The van der Waals surface area contributed by atoms with Crippen LogP contribution in [0.15, 0.2) is 16.9 Å². The minimum absolute atomic E-state index is 0.244. The monoisotopic (exact) mass is 198 g/mol. The molecule has 0 fully saturated rings. The first-order valence-electron chi connectivity index (χ1n) is 3.51. The summed E-state index contributed by atoms with van der Waals surface area (Å²) >= 11 is 0. The molecular formula is C7H6N2O5. The van der Waals surface area contributed by atoms with Gasteiger partial charge in [0.15, 0.2) is 5.43 Å². The Balaban J connectivity index is 3.27. The number of pyridine rings is 1. The number of methoxy groups -OCH3 is 1. The maximum atomic E-state index is 10.9. The van der Waals surface area contributed by atoms with E-state index in [1.807, 2.05) is 0 Å². The third-order valence-corrected chi connectivity index (χ3v) is 1.43. The molecule has 0 aliphatic heterocycles. The third kappa shape index (κ3) is 1.94. The van der Waals surface area contributed by atoms with Crippen LogP contribution < -0.4 is 5.43 Å². The lowest BCUT2D eigenvalue weighted by Gasteiger charge is -1.97. The number of H-pyrrole nitrogens is 1. The van der Waals surface area contributed by atoms with Gasteiger partial charge < -0.3 is 14.9 Å². The minimum Gasteiger partial charge on any atom is -0.463 e. The number of aromatic nitrogens is 1. The molecule has 0 aromatic carbocycles. The van der Waals surface area contributed by atoms with E-state index in [2.05, 4.69) is 9.72 Å². The van der Waals surface area contributed by atoms with Gasteiger partial charge in [-0.3, -0.25) is 4.79 Å². The second-order valence-electron chi connectivity index (χ2n) is 2.36. The summed E-state index contributed by atoms with van der Waals surface area (Å²) in [4.78, 5) is 33.5. The molecule has 0 aliphatic rings. The summed E-state index contributed by atoms with van der Waals surface area (Å²) in [6.45, 7) is 0. The van der Waals surface area contributed by atoms with Gasteiger partial charge in [0.25, 0.3) is 0 Å². The van der Waals surface area contributed by atoms with E-state index in [9.17, 15) is 19.7 Å². The third-order valence-electron chi connectivity index (χ3n) is 1.43. The predicted molar refractivity (Wildman–Crippen MR) is 45.1 cm³/mol. The topological polar surface area (TPSA) is 102 Å². The molecule has 0 bridgehead atoms. The molecule has 0 saturated heterocycles. The Morgan fingerprint density at radius 2 is 2.21 bits per heavy atom. The molecule has 0 unspecified atom stereocenters. The molecule has 1 aromatic heterocycles. The van der Waals surface area contributed by atoms with Crippen molar-refractivity contribution in [1.82, 2.24) is 4.98 Å². The standard InChI is InChI=1S/C7H6N2O5/c1-14-7(11)5-2-4(10)3-6(8-5)9(12)13/h2-3H,1H3,(H,8,10). The van der Waals surface area contributed by atoms with Crippen LogP contribution in [0.1, 0.15) is 10.5 Å². The molecule has 0 aliphatic carbocycles. The molecule has 1 N–H and O–H groups in total. The van der Waals surface area contributed by atoms with Crippen LogP contribution in [-0.4, -0.2) is 23.0 Å². The zero-order valence-electron chi connectivity index (χ0n) is 7.14. The Bertz CT molecular complexity index is 436. The zero-order chi connectivity index (χ0) is 10.7. The summed E-state index contributed by atoms with van der Waals surface area (Å²) < 4.78 is 4.29. The largest absolute Gasteiger partial charge is 0.463 e. The highest BCUT2D eigenvalue weighted by Gasteiger charge is 2.14. The summed E-state index contributed by atoms with van der Waals surface area (Å²) in [5.74, 6) is -1.37. The van der Waals surface area contributed by atoms with Crippen molar-refractivity contribution in [2.75, 3.05) is 7.11 Å². The molecule has 0 radical (unpaired) electrons. The fourth-order valence-corrected chi connectivity index (χ4v) is 0.847. The van der Waals surface area contributed by atoms with E-state index in [-0.39, 0.29) is 5.69 Å². The number of rotatable bonds is 2. The van der Waals surface area contributed by atoms with Gasteiger partial charge in [-0.1, -0.05) is 0 Å². The molecule has 0 spiro atoms. The number of nitro groups is 1. The number of nitrogens with zero attached hydrogens (tertiary/aromatic N) is 1. The van der Waals surface area contributed by atoms with E-state index in [1.54, 1.807) is 0 Å². The summed E-state index contributed by atoms with van der Waals surface area (Å²) in [6.07, 6.45) is 0. The van der Waals surface area contributed by atoms with Crippen molar-refractivity contribution in [3.63, 3.8) is 0 Å². The Kier molecular flexibility index (Phi) is 2.61. The number of nitrogens with one attached hydrogen (secondary N) is 1. The van der Waals surface area contributed by atoms with Gasteiger partial charge in [0, 0.05) is 6.07 Å². The van der Waals surface area contributed by atoms with Crippen molar-refractivity contribution in [1.29, 1.82) is 0 Å². The van der Waals surface area contributed by atoms with Gasteiger partial charge in [0.1, 0.15) is 0 Å². The summed E-state index contributed by atoms with van der Waals surface area (Å²) in [5.41, 5.74) is -0.873. The van der Waals surface area contributed by atoms with Gasteiger partial charge in [0.05, 0.1) is 13.2 Å². The molecule has 7 heteroatoms. The highest BCUT2D eigenvalue weighted by Crippen LogP contribution is 2.04. The van der Waals surface area contributed by atoms with Gasteiger partial charge >= 0.3 is 11.8 Å². The van der Waals surface area contributed by atoms with E-state index in [1.165, 1.54) is 0 Å². The van der Waals surface area contributed by atoms with Crippen molar-refractivity contribution < 1.29 is 14.5 Å². The first-order chi connectivity index (χ1) is 6.54. The lowest BCUT2D eigenvalue weighted by Crippen LogP contribution is -2.11. The van der Waals surface area contributed by atoms with E-state index in [4.69, 9.17) is 0 Å². The average molecular weight is 198 g/mol.